The predicted molar refractivity (Wildman–Crippen MR) is 201 cm³/mol. The van der Waals surface area contributed by atoms with Gasteiger partial charge in [0.1, 0.15) is 17.7 Å². The molecule has 12 heteroatoms. The molecule has 4 atom stereocenters. The van der Waals surface area contributed by atoms with Gasteiger partial charge in [-0.05, 0) is 87.7 Å². The first kappa shape index (κ1) is 36.8. The molecule has 2 aliphatic heterocycles. The molecule has 2 aliphatic rings. The van der Waals surface area contributed by atoms with Crippen molar-refractivity contribution in [2.75, 3.05) is 33.3 Å². The van der Waals surface area contributed by atoms with Crippen molar-refractivity contribution in [3.05, 3.63) is 72.6 Å². The van der Waals surface area contributed by atoms with Gasteiger partial charge in [0.25, 0.3) is 0 Å². The first-order valence-corrected chi connectivity index (χ1v) is 18.7. The molecule has 0 aliphatic carbocycles. The molecule has 6 rings (SSSR count). The van der Waals surface area contributed by atoms with Crippen LogP contribution in [-0.2, 0) is 14.3 Å². The summed E-state index contributed by atoms with van der Waals surface area (Å²) in [5, 5.41) is 2.57. The number of carbonyl (C=O) groups excluding carboxylic acids is 3. The summed E-state index contributed by atoms with van der Waals surface area (Å²) in [6.07, 6.45) is 8.68. The lowest BCUT2D eigenvalue weighted by Crippen LogP contribution is -2.47. The van der Waals surface area contributed by atoms with Crippen molar-refractivity contribution in [1.82, 2.24) is 40.0 Å². The largest absolute Gasteiger partial charge is 0.453 e. The molecule has 3 amide bonds. The van der Waals surface area contributed by atoms with E-state index in [1.807, 2.05) is 24.2 Å². The van der Waals surface area contributed by atoms with Crippen molar-refractivity contribution in [1.29, 1.82) is 0 Å². The lowest BCUT2D eigenvalue weighted by atomic mass is 10.0. The third-order valence-electron chi connectivity index (χ3n) is 10.4. The van der Waals surface area contributed by atoms with Crippen molar-refractivity contribution < 1.29 is 19.1 Å². The van der Waals surface area contributed by atoms with Crippen LogP contribution in [0.4, 0.5) is 4.79 Å². The van der Waals surface area contributed by atoms with Crippen molar-refractivity contribution in [2.24, 2.45) is 0 Å². The van der Waals surface area contributed by atoms with Crippen molar-refractivity contribution in [2.45, 2.75) is 90.4 Å². The van der Waals surface area contributed by atoms with E-state index in [9.17, 15) is 14.4 Å². The third kappa shape index (κ3) is 7.91. The minimum atomic E-state index is -0.692. The number of hydrogen-bond donors (Lipinski definition) is 3. The van der Waals surface area contributed by atoms with Gasteiger partial charge in [-0.25, -0.2) is 14.8 Å². The number of benzene rings is 2. The summed E-state index contributed by atoms with van der Waals surface area (Å²) < 4.78 is 4.65. The van der Waals surface area contributed by atoms with Gasteiger partial charge in [0.05, 0.1) is 49.0 Å². The first-order valence-electron chi connectivity index (χ1n) is 18.7. The minimum Gasteiger partial charge on any atom is -0.453 e. The number of rotatable bonds is 13. The van der Waals surface area contributed by atoms with Gasteiger partial charge in [-0.2, -0.15) is 0 Å². The fourth-order valence-corrected chi connectivity index (χ4v) is 7.64. The summed E-state index contributed by atoms with van der Waals surface area (Å²) >= 11 is 0. The fraction of sp³-hybridized carbons (Fsp3) is 0.475. The quantitative estimate of drug-likeness (QED) is 0.140. The molecule has 52 heavy (non-hydrogen) atoms. The second kappa shape index (κ2) is 16.6. The predicted octanol–water partition coefficient (Wildman–Crippen LogP) is 6.72. The number of aromatic amines is 2. The number of carbonyl (C=O) groups is 3. The number of alkyl carbamates (subject to hydrolysis) is 1. The molecular formula is C40H52N8O4. The minimum absolute atomic E-state index is 0.0313. The van der Waals surface area contributed by atoms with Crippen LogP contribution in [-0.4, -0.2) is 97.9 Å². The van der Waals surface area contributed by atoms with Crippen LogP contribution in [0.15, 0.2) is 60.9 Å². The molecule has 0 bridgehead atoms. The Morgan fingerprint density at radius 1 is 0.769 bits per heavy atom. The van der Waals surface area contributed by atoms with Gasteiger partial charge >= 0.3 is 6.09 Å². The number of ether oxygens (including phenoxy) is 1. The zero-order valence-corrected chi connectivity index (χ0v) is 31.0. The summed E-state index contributed by atoms with van der Waals surface area (Å²) in [7, 11) is 1.28. The number of amides is 3. The zero-order valence-electron chi connectivity index (χ0n) is 31.0. The average Bonchev–Trinajstić information content (AvgIpc) is 4.00. The zero-order chi connectivity index (χ0) is 36.8. The average molecular weight is 709 g/mol. The Labute approximate surface area is 306 Å². The summed E-state index contributed by atoms with van der Waals surface area (Å²) in [6, 6.07) is 15.7. The molecular weight excluding hydrogens is 656 g/mol. The van der Waals surface area contributed by atoms with Crippen LogP contribution in [0.5, 0.6) is 0 Å². The SMILES string of the molecule is CCCN(CCC)[C@@H](C)C(=O)N1CCC[C@H]1c1ncc(-c2ccc(-c3ccc(-c4cnc([C@@H]5CCCN5C(=O)[C@H](C)NC(=O)OC)[nH]4)cc3)cc2)[nH]1. The topological polar surface area (TPSA) is 140 Å². The molecule has 2 saturated heterocycles. The van der Waals surface area contributed by atoms with Gasteiger partial charge in [0.15, 0.2) is 0 Å². The molecule has 276 valence electrons. The van der Waals surface area contributed by atoms with Gasteiger partial charge in [0.2, 0.25) is 11.8 Å². The standard InChI is InChI=1S/C40H52N8O4/c1-6-20-46(21-7-2)27(4)39(50)48-23-9-11-35(48)37-42-25-33(45-37)31-18-14-29(15-19-31)28-12-16-30(17-13-28)32-24-41-36(44-32)34-10-8-22-47(34)38(49)26(3)43-40(51)52-5/h12-19,24-27,34-35H,6-11,20-23H2,1-5H3,(H,41,44)(H,42,45)(H,43,51)/t26-,27-,34-,35-/m0/s1. The maximum Gasteiger partial charge on any atom is 0.407 e. The van der Waals surface area contributed by atoms with Gasteiger partial charge < -0.3 is 29.8 Å². The van der Waals surface area contributed by atoms with Crippen molar-refractivity contribution >= 4 is 17.9 Å². The lowest BCUT2D eigenvalue weighted by molar-refractivity contribution is -0.137. The molecule has 0 unspecified atom stereocenters. The molecule has 0 radical (unpaired) electrons. The van der Waals surface area contributed by atoms with E-state index in [1.165, 1.54) is 7.11 Å². The van der Waals surface area contributed by atoms with Crippen molar-refractivity contribution in [3.8, 4) is 33.6 Å². The third-order valence-corrected chi connectivity index (χ3v) is 10.4. The lowest BCUT2D eigenvalue weighted by Gasteiger charge is -2.33. The number of nitrogens with zero attached hydrogens (tertiary/aromatic N) is 5. The molecule has 12 nitrogen and oxygen atoms in total. The highest BCUT2D eigenvalue weighted by molar-refractivity contribution is 5.86. The van der Waals surface area contributed by atoms with Crippen LogP contribution in [0.3, 0.4) is 0 Å². The van der Waals surface area contributed by atoms with E-state index < -0.39 is 12.1 Å². The number of imidazole rings is 2. The number of likely N-dealkylation sites (tertiary alicyclic amines) is 2. The second-order valence-electron chi connectivity index (χ2n) is 14.0. The van der Waals surface area contributed by atoms with E-state index >= 15 is 0 Å². The number of nitrogens with one attached hydrogen (secondary N) is 3. The van der Waals surface area contributed by atoms with E-state index in [0.717, 1.165) is 103 Å². The summed E-state index contributed by atoms with van der Waals surface area (Å²) in [5.41, 5.74) is 6.05. The Morgan fingerprint density at radius 3 is 1.65 bits per heavy atom. The van der Waals surface area contributed by atoms with Crippen LogP contribution in [0.25, 0.3) is 33.6 Å². The number of methoxy groups -OCH3 is 1. The summed E-state index contributed by atoms with van der Waals surface area (Å²) in [6.45, 7) is 11.3. The number of aromatic nitrogens is 4. The number of hydrogen-bond acceptors (Lipinski definition) is 7. The number of H-pyrrole nitrogens is 2. The first-order chi connectivity index (χ1) is 25.2. The molecule has 0 saturated carbocycles. The summed E-state index contributed by atoms with van der Waals surface area (Å²) in [5.74, 6) is 1.62. The van der Waals surface area contributed by atoms with Crippen LogP contribution < -0.4 is 5.32 Å². The molecule has 2 aromatic heterocycles. The Kier molecular flexibility index (Phi) is 11.7. The molecule has 0 spiro atoms. The van der Waals surface area contributed by atoms with Gasteiger partial charge in [-0.1, -0.05) is 62.4 Å². The Hall–Kier alpha value is -4.97. The van der Waals surface area contributed by atoms with E-state index in [-0.39, 0.29) is 29.9 Å². The molecule has 3 N–H and O–H groups in total. The smallest absolute Gasteiger partial charge is 0.407 e. The highest BCUT2D eigenvalue weighted by Gasteiger charge is 2.36. The highest BCUT2D eigenvalue weighted by atomic mass is 16.5. The van der Waals surface area contributed by atoms with E-state index in [0.29, 0.717) is 6.54 Å². The van der Waals surface area contributed by atoms with Gasteiger partial charge in [-0.15, -0.1) is 0 Å². The van der Waals surface area contributed by atoms with Gasteiger partial charge in [-0.3, -0.25) is 14.5 Å². The maximum absolute atomic E-state index is 13.6. The Morgan fingerprint density at radius 2 is 1.21 bits per heavy atom. The van der Waals surface area contributed by atoms with Gasteiger partial charge in [0, 0.05) is 13.1 Å². The van der Waals surface area contributed by atoms with Crippen LogP contribution in [0, 0.1) is 0 Å². The molecule has 2 fully saturated rings. The van der Waals surface area contributed by atoms with E-state index in [2.05, 4.69) is 92.3 Å². The van der Waals surface area contributed by atoms with E-state index in [4.69, 9.17) is 4.98 Å². The monoisotopic (exact) mass is 708 g/mol. The van der Waals surface area contributed by atoms with Crippen molar-refractivity contribution in [3.63, 3.8) is 0 Å². The molecule has 2 aromatic carbocycles. The normalized spacial score (nSPS) is 18.5. The summed E-state index contributed by atoms with van der Waals surface area (Å²) in [4.78, 5) is 60.8. The van der Waals surface area contributed by atoms with Crippen LogP contribution >= 0.6 is 0 Å². The fourth-order valence-electron chi connectivity index (χ4n) is 7.64. The molecule has 4 aromatic rings. The van der Waals surface area contributed by atoms with E-state index in [1.54, 1.807) is 11.8 Å². The van der Waals surface area contributed by atoms with Crippen LogP contribution in [0.1, 0.15) is 90.0 Å². The maximum atomic E-state index is 13.6. The highest BCUT2D eigenvalue weighted by Crippen LogP contribution is 2.34. The van der Waals surface area contributed by atoms with Crippen LogP contribution in [0.2, 0.25) is 0 Å². The second-order valence-corrected chi connectivity index (χ2v) is 14.0. The molecule has 4 heterocycles. The Balaban J connectivity index is 1.09. The Bertz CT molecular complexity index is 1810.